The van der Waals surface area contributed by atoms with Gasteiger partial charge in [0.25, 0.3) is 0 Å². The normalized spacial score (nSPS) is 12.2. The van der Waals surface area contributed by atoms with Crippen molar-refractivity contribution in [2.75, 3.05) is 126 Å². The third-order valence-corrected chi connectivity index (χ3v) is 10.5. The molecular formula is C48H79NO10. The molecule has 0 aromatic heterocycles. The summed E-state index contributed by atoms with van der Waals surface area (Å²) >= 11 is 0. The summed E-state index contributed by atoms with van der Waals surface area (Å²) in [6, 6.07) is 16.6. The lowest BCUT2D eigenvalue weighted by Gasteiger charge is -2.19. The predicted molar refractivity (Wildman–Crippen MR) is 235 cm³/mol. The first kappa shape index (κ1) is 50.7. The first-order valence-electron chi connectivity index (χ1n) is 22.9. The lowest BCUT2D eigenvalue weighted by atomic mass is 9.98. The van der Waals surface area contributed by atoms with Gasteiger partial charge in [-0.25, -0.2) is 4.79 Å². The molecule has 0 saturated heterocycles. The molecular weight excluding hydrogens is 751 g/mol. The summed E-state index contributed by atoms with van der Waals surface area (Å²) in [6.07, 6.45) is 18.9. The summed E-state index contributed by atoms with van der Waals surface area (Å²) in [5.41, 5.74) is 4.82. The highest BCUT2D eigenvalue weighted by atomic mass is 16.6. The maximum Gasteiger partial charge on any atom is 0.409 e. The Morgan fingerprint density at radius 3 is 1.15 bits per heavy atom. The molecule has 0 N–H and O–H groups in total. The van der Waals surface area contributed by atoms with E-state index in [1.165, 1.54) is 106 Å². The van der Waals surface area contributed by atoms with Gasteiger partial charge in [0.15, 0.2) is 0 Å². The van der Waals surface area contributed by atoms with E-state index in [0.29, 0.717) is 112 Å². The smallest absolute Gasteiger partial charge is 0.409 e. The Labute approximate surface area is 357 Å². The van der Waals surface area contributed by atoms with Gasteiger partial charge in [0.05, 0.1) is 99.1 Å². The van der Waals surface area contributed by atoms with Gasteiger partial charge in [0.2, 0.25) is 0 Å². The highest BCUT2D eigenvalue weighted by molar-refractivity contribution is 5.79. The lowest BCUT2D eigenvalue weighted by molar-refractivity contribution is -0.0234. The van der Waals surface area contributed by atoms with Gasteiger partial charge in [-0.2, -0.15) is 0 Å². The molecule has 1 aliphatic rings. The quantitative estimate of drug-likeness (QED) is 0.0603. The zero-order valence-electron chi connectivity index (χ0n) is 36.9. The molecule has 0 bridgehead atoms. The zero-order chi connectivity index (χ0) is 41.7. The van der Waals surface area contributed by atoms with Crippen molar-refractivity contribution in [2.45, 2.75) is 103 Å². The Hall–Kier alpha value is -2.61. The third-order valence-electron chi connectivity index (χ3n) is 10.5. The van der Waals surface area contributed by atoms with E-state index < -0.39 is 0 Å². The molecule has 336 valence electrons. The fourth-order valence-electron chi connectivity index (χ4n) is 7.04. The van der Waals surface area contributed by atoms with E-state index in [2.05, 4.69) is 31.2 Å². The average Bonchev–Trinajstić information content (AvgIpc) is 3.58. The Bertz CT molecular complexity index is 1240. The SMILES string of the molecule is CCCCCCCCCCCCCCCCOCCOCCOCCOCCOCCOCCOCCOCCN(C)C(=O)OCC1c2ccccc2-c2ccccc21. The van der Waals surface area contributed by atoms with Gasteiger partial charge in [-0.05, 0) is 28.7 Å². The Morgan fingerprint density at radius 2 is 0.763 bits per heavy atom. The van der Waals surface area contributed by atoms with Crippen molar-refractivity contribution in [3.63, 3.8) is 0 Å². The summed E-state index contributed by atoms with van der Waals surface area (Å²) < 4.78 is 50.4. The van der Waals surface area contributed by atoms with Crippen molar-refractivity contribution in [2.24, 2.45) is 0 Å². The van der Waals surface area contributed by atoms with Crippen molar-refractivity contribution < 1.29 is 47.4 Å². The van der Waals surface area contributed by atoms with Crippen LogP contribution in [0, 0.1) is 0 Å². The van der Waals surface area contributed by atoms with Gasteiger partial charge < -0.3 is 47.5 Å². The van der Waals surface area contributed by atoms with Gasteiger partial charge >= 0.3 is 6.09 Å². The minimum atomic E-state index is -0.357. The lowest BCUT2D eigenvalue weighted by Crippen LogP contribution is -2.32. The van der Waals surface area contributed by atoms with Crippen LogP contribution < -0.4 is 0 Å². The number of nitrogens with zero attached hydrogens (tertiary/aromatic N) is 1. The Morgan fingerprint density at radius 1 is 0.441 bits per heavy atom. The molecule has 0 saturated carbocycles. The summed E-state index contributed by atoms with van der Waals surface area (Å²) in [7, 11) is 1.72. The average molecular weight is 830 g/mol. The molecule has 11 heteroatoms. The second-order valence-electron chi connectivity index (χ2n) is 15.2. The molecule has 0 spiro atoms. The van der Waals surface area contributed by atoms with E-state index in [1.54, 1.807) is 11.9 Å². The Balaban J connectivity index is 0.945. The van der Waals surface area contributed by atoms with Crippen molar-refractivity contribution in [3.8, 4) is 11.1 Å². The van der Waals surface area contributed by atoms with Crippen LogP contribution in [0.3, 0.4) is 0 Å². The number of amides is 1. The molecule has 1 aliphatic carbocycles. The van der Waals surface area contributed by atoms with Crippen LogP contribution >= 0.6 is 0 Å². The van der Waals surface area contributed by atoms with E-state index in [0.717, 1.165) is 13.0 Å². The number of hydrogen-bond donors (Lipinski definition) is 0. The number of likely N-dealkylation sites (N-methyl/N-ethyl adjacent to an activating group) is 1. The van der Waals surface area contributed by atoms with Crippen LogP contribution in [0.25, 0.3) is 11.1 Å². The van der Waals surface area contributed by atoms with Crippen LogP contribution in [-0.2, 0) is 42.6 Å². The van der Waals surface area contributed by atoms with Crippen LogP contribution in [-0.4, -0.2) is 137 Å². The van der Waals surface area contributed by atoms with Crippen LogP contribution in [0.5, 0.6) is 0 Å². The summed E-state index contributed by atoms with van der Waals surface area (Å²) in [4.78, 5) is 14.2. The number of ether oxygens (including phenoxy) is 9. The number of carbonyl (C=O) groups is 1. The predicted octanol–water partition coefficient (Wildman–Crippen LogP) is 9.48. The number of unbranched alkanes of at least 4 members (excludes halogenated alkanes) is 13. The van der Waals surface area contributed by atoms with E-state index in [9.17, 15) is 4.79 Å². The Kier molecular flexibility index (Phi) is 31.0. The minimum absolute atomic E-state index is 0.0435. The maximum atomic E-state index is 12.6. The molecule has 0 aliphatic heterocycles. The molecule has 0 radical (unpaired) electrons. The molecule has 2 aromatic rings. The first-order chi connectivity index (χ1) is 29.2. The molecule has 11 nitrogen and oxygen atoms in total. The minimum Gasteiger partial charge on any atom is -0.448 e. The molecule has 2 aromatic carbocycles. The van der Waals surface area contributed by atoms with Gasteiger partial charge in [-0.3, -0.25) is 0 Å². The fourth-order valence-corrected chi connectivity index (χ4v) is 7.04. The van der Waals surface area contributed by atoms with Crippen molar-refractivity contribution in [1.29, 1.82) is 0 Å². The number of hydrogen-bond acceptors (Lipinski definition) is 10. The van der Waals surface area contributed by atoms with Crippen LogP contribution in [0.4, 0.5) is 4.79 Å². The summed E-state index contributed by atoms with van der Waals surface area (Å²) in [5.74, 6) is 0.0435. The van der Waals surface area contributed by atoms with Crippen LogP contribution in [0.15, 0.2) is 48.5 Å². The zero-order valence-corrected chi connectivity index (χ0v) is 36.9. The monoisotopic (exact) mass is 830 g/mol. The number of rotatable bonds is 41. The van der Waals surface area contributed by atoms with Gasteiger partial charge in [-0.1, -0.05) is 139 Å². The van der Waals surface area contributed by atoms with E-state index in [1.807, 2.05) is 24.3 Å². The summed E-state index contributed by atoms with van der Waals surface area (Å²) in [6.45, 7) is 11.6. The summed E-state index contributed by atoms with van der Waals surface area (Å²) in [5, 5.41) is 0. The van der Waals surface area contributed by atoms with E-state index >= 15 is 0 Å². The molecule has 0 heterocycles. The molecule has 1 amide bonds. The number of benzene rings is 2. The van der Waals surface area contributed by atoms with Crippen molar-refractivity contribution >= 4 is 6.09 Å². The molecule has 0 atom stereocenters. The van der Waals surface area contributed by atoms with Crippen LogP contribution in [0.2, 0.25) is 0 Å². The molecule has 59 heavy (non-hydrogen) atoms. The molecule has 3 rings (SSSR count). The molecule has 0 fully saturated rings. The van der Waals surface area contributed by atoms with Crippen LogP contribution in [0.1, 0.15) is 114 Å². The maximum absolute atomic E-state index is 12.6. The first-order valence-corrected chi connectivity index (χ1v) is 22.9. The largest absolute Gasteiger partial charge is 0.448 e. The van der Waals surface area contributed by atoms with Crippen molar-refractivity contribution in [1.82, 2.24) is 4.90 Å². The highest BCUT2D eigenvalue weighted by Gasteiger charge is 2.29. The topological polar surface area (TPSA) is 103 Å². The van der Waals surface area contributed by atoms with E-state index in [-0.39, 0.29) is 12.0 Å². The van der Waals surface area contributed by atoms with Gasteiger partial charge in [0, 0.05) is 26.1 Å². The number of carbonyl (C=O) groups excluding carboxylic acids is 1. The van der Waals surface area contributed by atoms with Gasteiger partial charge in [0.1, 0.15) is 6.61 Å². The van der Waals surface area contributed by atoms with Crippen molar-refractivity contribution in [3.05, 3.63) is 59.7 Å². The highest BCUT2D eigenvalue weighted by Crippen LogP contribution is 2.44. The number of fused-ring (bicyclic) bond motifs is 3. The fraction of sp³-hybridized carbons (Fsp3) is 0.729. The van der Waals surface area contributed by atoms with Gasteiger partial charge in [-0.15, -0.1) is 0 Å². The second kappa shape index (κ2) is 36.1. The standard InChI is InChI=1S/C48H79NO10/c1-3-4-5-6-7-8-9-10-11-12-13-14-15-20-26-51-28-30-53-32-34-55-36-38-57-40-41-58-39-37-56-35-33-54-31-29-52-27-25-49(2)48(50)59-42-47-45-23-18-16-21-43(45)44-22-17-19-24-46(44)47/h16-19,21-24,47H,3-15,20,25-42H2,1-2H3. The van der Waals surface area contributed by atoms with E-state index in [4.69, 9.17) is 42.6 Å². The molecule has 0 unspecified atom stereocenters. The second-order valence-corrected chi connectivity index (χ2v) is 15.2. The third kappa shape index (κ3) is 24.4.